The topological polar surface area (TPSA) is 68.0 Å². The molecule has 1 heterocycles. The Kier molecular flexibility index (Phi) is 4.28. The third kappa shape index (κ3) is 3.40. The van der Waals surface area contributed by atoms with Crippen molar-refractivity contribution in [2.45, 2.75) is 32.7 Å². The summed E-state index contributed by atoms with van der Waals surface area (Å²) in [5.41, 5.74) is 1.02. The summed E-state index contributed by atoms with van der Waals surface area (Å²) in [7, 11) is 0. The maximum Gasteiger partial charge on any atom is 0.227 e. The first-order valence-electron chi connectivity index (χ1n) is 6.32. The van der Waals surface area contributed by atoms with Crippen LogP contribution in [0.2, 0.25) is 0 Å². The first-order chi connectivity index (χ1) is 9.20. The molecule has 0 saturated carbocycles. The van der Waals surface area contributed by atoms with Gasteiger partial charge in [0.2, 0.25) is 11.8 Å². The van der Waals surface area contributed by atoms with Crippen molar-refractivity contribution in [2.24, 2.45) is 0 Å². The van der Waals surface area contributed by atoms with Crippen molar-refractivity contribution in [3.63, 3.8) is 0 Å². The Hall–Kier alpha value is -2.17. The van der Waals surface area contributed by atoms with Crippen LogP contribution in [0.3, 0.4) is 0 Å². The third-order valence-electron chi connectivity index (χ3n) is 2.92. The second-order valence-electron chi connectivity index (χ2n) is 4.32. The molecule has 1 amide bonds. The second-order valence-corrected chi connectivity index (χ2v) is 4.32. The molecule has 2 aromatic rings. The van der Waals surface area contributed by atoms with Crippen LogP contribution in [0, 0.1) is 6.92 Å². The van der Waals surface area contributed by atoms with E-state index in [0.717, 1.165) is 12.0 Å². The molecule has 1 atom stereocenters. The largest absolute Gasteiger partial charge is 0.348 e. The molecule has 2 rings (SSSR count). The van der Waals surface area contributed by atoms with E-state index in [-0.39, 0.29) is 11.8 Å². The Morgan fingerprint density at radius 3 is 2.68 bits per heavy atom. The molecule has 1 aromatic heterocycles. The molecular weight excluding hydrogens is 242 g/mol. The lowest BCUT2D eigenvalue weighted by molar-refractivity contribution is -0.122. The van der Waals surface area contributed by atoms with Gasteiger partial charge in [-0.15, -0.1) is 0 Å². The molecule has 0 radical (unpaired) electrons. The molecule has 0 saturated heterocycles. The van der Waals surface area contributed by atoms with Crippen molar-refractivity contribution in [1.29, 1.82) is 0 Å². The summed E-state index contributed by atoms with van der Waals surface area (Å²) in [5, 5.41) is 6.58. The van der Waals surface area contributed by atoms with E-state index < -0.39 is 0 Å². The zero-order valence-electron chi connectivity index (χ0n) is 11.1. The Morgan fingerprint density at radius 2 is 2.11 bits per heavy atom. The zero-order valence-corrected chi connectivity index (χ0v) is 11.1. The predicted octanol–water partition coefficient (Wildman–Crippen LogP) is 2.19. The van der Waals surface area contributed by atoms with Crippen LogP contribution in [0.15, 0.2) is 34.9 Å². The van der Waals surface area contributed by atoms with Gasteiger partial charge in [0, 0.05) is 6.92 Å². The van der Waals surface area contributed by atoms with Crippen molar-refractivity contribution in [3.8, 4) is 0 Å². The molecule has 1 aromatic carbocycles. The quantitative estimate of drug-likeness (QED) is 0.893. The lowest BCUT2D eigenvalue weighted by Gasteiger charge is -2.14. The maximum absolute atomic E-state index is 12.2. The van der Waals surface area contributed by atoms with Gasteiger partial charge in [0.05, 0.1) is 12.5 Å². The number of aromatic nitrogens is 2. The van der Waals surface area contributed by atoms with Gasteiger partial charge in [-0.1, -0.05) is 42.4 Å². The van der Waals surface area contributed by atoms with Gasteiger partial charge in [-0.2, -0.15) is 4.98 Å². The molecule has 5 nitrogen and oxygen atoms in total. The highest BCUT2D eigenvalue weighted by atomic mass is 16.5. The van der Waals surface area contributed by atoms with Gasteiger partial charge in [0.25, 0.3) is 0 Å². The minimum Gasteiger partial charge on any atom is -0.348 e. The monoisotopic (exact) mass is 259 g/mol. The molecule has 1 unspecified atom stereocenters. The summed E-state index contributed by atoms with van der Waals surface area (Å²) < 4.78 is 4.86. The minimum atomic E-state index is -0.144. The van der Waals surface area contributed by atoms with Crippen LogP contribution in [-0.2, 0) is 11.3 Å². The fraction of sp³-hybridized carbons (Fsp3) is 0.357. The van der Waals surface area contributed by atoms with E-state index in [1.54, 1.807) is 6.92 Å². The highest BCUT2D eigenvalue weighted by molar-refractivity contribution is 5.83. The molecule has 5 heteroatoms. The first-order valence-corrected chi connectivity index (χ1v) is 6.32. The Bertz CT molecular complexity index is 537. The van der Waals surface area contributed by atoms with Crippen LogP contribution >= 0.6 is 0 Å². The second kappa shape index (κ2) is 6.13. The average Bonchev–Trinajstić information content (AvgIpc) is 2.84. The Balaban J connectivity index is 1.98. The molecule has 0 bridgehead atoms. The number of carbonyl (C=O) groups excluding carboxylic acids is 1. The first kappa shape index (κ1) is 13.3. The van der Waals surface area contributed by atoms with Crippen LogP contribution in [0.5, 0.6) is 0 Å². The van der Waals surface area contributed by atoms with Gasteiger partial charge in [-0.05, 0) is 12.0 Å². The summed E-state index contributed by atoms with van der Waals surface area (Å²) in [4.78, 5) is 16.2. The minimum absolute atomic E-state index is 0.0175. The summed E-state index contributed by atoms with van der Waals surface area (Å²) in [6.07, 6.45) is 0.751. The molecule has 19 heavy (non-hydrogen) atoms. The van der Waals surface area contributed by atoms with Gasteiger partial charge >= 0.3 is 0 Å². The van der Waals surface area contributed by atoms with E-state index >= 15 is 0 Å². The van der Waals surface area contributed by atoms with Crippen LogP contribution in [0.25, 0.3) is 0 Å². The number of hydrogen-bond donors (Lipinski definition) is 1. The molecular formula is C14H17N3O2. The molecule has 100 valence electrons. The third-order valence-corrected chi connectivity index (χ3v) is 2.92. The summed E-state index contributed by atoms with van der Waals surface area (Å²) in [6.45, 7) is 4.01. The molecule has 1 N–H and O–H groups in total. The van der Waals surface area contributed by atoms with Crippen molar-refractivity contribution in [1.82, 2.24) is 15.5 Å². The van der Waals surface area contributed by atoms with Gasteiger partial charge in [-0.25, -0.2) is 0 Å². The molecule has 0 aliphatic rings. The van der Waals surface area contributed by atoms with E-state index in [1.807, 2.05) is 37.3 Å². The highest BCUT2D eigenvalue weighted by Gasteiger charge is 2.18. The standard InChI is InChI=1S/C14H17N3O2/c1-3-12(11-7-5-4-6-8-11)14(18)15-9-13-16-10(2)19-17-13/h4-8,12H,3,9H2,1-2H3,(H,15,18). The van der Waals surface area contributed by atoms with Gasteiger partial charge in [0.1, 0.15) is 0 Å². The van der Waals surface area contributed by atoms with Crippen molar-refractivity contribution >= 4 is 5.91 Å². The number of aryl methyl sites for hydroxylation is 1. The van der Waals surface area contributed by atoms with Crippen LogP contribution in [0.1, 0.15) is 36.5 Å². The smallest absolute Gasteiger partial charge is 0.227 e. The van der Waals surface area contributed by atoms with E-state index in [4.69, 9.17) is 4.52 Å². The normalized spacial score (nSPS) is 12.1. The lowest BCUT2D eigenvalue weighted by atomic mass is 9.96. The van der Waals surface area contributed by atoms with Crippen LogP contribution in [-0.4, -0.2) is 16.0 Å². The van der Waals surface area contributed by atoms with Gasteiger partial charge in [0.15, 0.2) is 5.82 Å². The fourth-order valence-corrected chi connectivity index (χ4v) is 1.96. The van der Waals surface area contributed by atoms with E-state index in [0.29, 0.717) is 18.3 Å². The summed E-state index contributed by atoms with van der Waals surface area (Å²) >= 11 is 0. The Morgan fingerprint density at radius 1 is 1.37 bits per heavy atom. The lowest BCUT2D eigenvalue weighted by Crippen LogP contribution is -2.29. The van der Waals surface area contributed by atoms with E-state index in [2.05, 4.69) is 15.5 Å². The van der Waals surface area contributed by atoms with E-state index in [9.17, 15) is 4.79 Å². The number of nitrogens with one attached hydrogen (secondary N) is 1. The van der Waals surface area contributed by atoms with E-state index in [1.165, 1.54) is 0 Å². The number of nitrogens with zero attached hydrogens (tertiary/aromatic N) is 2. The maximum atomic E-state index is 12.2. The number of carbonyl (C=O) groups is 1. The Labute approximate surface area is 112 Å². The van der Waals surface area contributed by atoms with Crippen LogP contribution in [0.4, 0.5) is 0 Å². The SMILES string of the molecule is CCC(C(=O)NCc1noc(C)n1)c1ccccc1. The number of hydrogen-bond acceptors (Lipinski definition) is 4. The number of amides is 1. The van der Waals surface area contributed by atoms with Crippen LogP contribution < -0.4 is 5.32 Å². The summed E-state index contributed by atoms with van der Waals surface area (Å²) in [6, 6.07) is 9.75. The van der Waals surface area contributed by atoms with Crippen molar-refractivity contribution < 1.29 is 9.32 Å². The zero-order chi connectivity index (χ0) is 13.7. The molecule has 0 fully saturated rings. The molecule has 0 spiro atoms. The van der Waals surface area contributed by atoms with Crippen molar-refractivity contribution in [3.05, 3.63) is 47.6 Å². The highest BCUT2D eigenvalue weighted by Crippen LogP contribution is 2.19. The predicted molar refractivity (Wildman–Crippen MR) is 70.4 cm³/mol. The van der Waals surface area contributed by atoms with Gasteiger partial charge < -0.3 is 9.84 Å². The molecule has 0 aliphatic carbocycles. The van der Waals surface area contributed by atoms with Gasteiger partial charge in [-0.3, -0.25) is 4.79 Å². The number of rotatable bonds is 5. The summed E-state index contributed by atoms with van der Waals surface area (Å²) in [5.74, 6) is 0.832. The number of benzene rings is 1. The molecule has 0 aliphatic heterocycles. The van der Waals surface area contributed by atoms with Crippen molar-refractivity contribution in [2.75, 3.05) is 0 Å². The average molecular weight is 259 g/mol. The fourth-order valence-electron chi connectivity index (χ4n) is 1.96.